The highest BCUT2D eigenvalue weighted by Gasteiger charge is 1.97. The van der Waals surface area contributed by atoms with E-state index < -0.39 is 0 Å². The van der Waals surface area contributed by atoms with Crippen molar-refractivity contribution in [1.29, 1.82) is 0 Å². The summed E-state index contributed by atoms with van der Waals surface area (Å²) in [5, 5.41) is 3.33. The molecule has 0 heterocycles. The van der Waals surface area contributed by atoms with E-state index in [1.54, 1.807) is 7.11 Å². The van der Waals surface area contributed by atoms with Crippen LogP contribution in [0.25, 0.3) is 0 Å². The van der Waals surface area contributed by atoms with Crippen molar-refractivity contribution in [3.8, 4) is 5.75 Å². The number of hydrogen-bond donors (Lipinski definition) is 1. The van der Waals surface area contributed by atoms with Crippen molar-refractivity contribution in [2.24, 2.45) is 0 Å². The Hall–Kier alpha value is -1.06. The quantitative estimate of drug-likeness (QED) is 0.622. The molecule has 1 aromatic carbocycles. The maximum atomic E-state index is 5.77. The largest absolute Gasteiger partial charge is 0.494 e. The van der Waals surface area contributed by atoms with Crippen LogP contribution in [0.2, 0.25) is 0 Å². The van der Waals surface area contributed by atoms with Crippen LogP contribution in [0.5, 0.6) is 5.75 Å². The molecule has 0 saturated carbocycles. The van der Waals surface area contributed by atoms with Gasteiger partial charge in [-0.25, -0.2) is 0 Å². The average molecular weight is 265 g/mol. The summed E-state index contributed by atoms with van der Waals surface area (Å²) in [6, 6.07) is 8.30. The van der Waals surface area contributed by atoms with Crippen molar-refractivity contribution >= 4 is 0 Å². The molecule has 0 fully saturated rings. The third kappa shape index (κ3) is 7.85. The summed E-state index contributed by atoms with van der Waals surface area (Å²) in [7, 11) is 1.72. The van der Waals surface area contributed by atoms with E-state index in [2.05, 4.69) is 30.4 Å². The molecular weight excluding hydrogens is 238 g/mol. The van der Waals surface area contributed by atoms with Gasteiger partial charge >= 0.3 is 0 Å². The molecule has 1 N–H and O–H groups in total. The van der Waals surface area contributed by atoms with Gasteiger partial charge in [-0.2, -0.15) is 0 Å². The molecule has 108 valence electrons. The van der Waals surface area contributed by atoms with Crippen LogP contribution in [-0.4, -0.2) is 26.9 Å². The van der Waals surface area contributed by atoms with Crippen LogP contribution in [0.3, 0.4) is 0 Å². The first-order valence-electron chi connectivity index (χ1n) is 7.28. The zero-order valence-corrected chi connectivity index (χ0v) is 12.3. The van der Waals surface area contributed by atoms with E-state index in [0.29, 0.717) is 0 Å². The van der Waals surface area contributed by atoms with Gasteiger partial charge in [0.1, 0.15) is 5.75 Å². The second-order valence-electron chi connectivity index (χ2n) is 4.73. The van der Waals surface area contributed by atoms with Gasteiger partial charge in [-0.3, -0.25) is 0 Å². The molecule has 0 radical (unpaired) electrons. The number of hydrogen-bond acceptors (Lipinski definition) is 3. The predicted octanol–water partition coefficient (Wildman–Crippen LogP) is 3.38. The highest BCUT2D eigenvalue weighted by molar-refractivity contribution is 5.28. The Labute approximate surface area is 117 Å². The molecule has 0 amide bonds. The monoisotopic (exact) mass is 265 g/mol. The van der Waals surface area contributed by atoms with E-state index in [0.717, 1.165) is 38.5 Å². The number of rotatable bonds is 11. The summed E-state index contributed by atoms with van der Waals surface area (Å²) in [5.74, 6) is 0.975. The van der Waals surface area contributed by atoms with E-state index in [1.807, 2.05) is 6.07 Å². The average Bonchev–Trinajstić information content (AvgIpc) is 2.44. The first-order valence-corrected chi connectivity index (χ1v) is 7.28. The molecule has 0 aliphatic rings. The molecule has 0 spiro atoms. The SMILES string of the molecule is CCCCCCOc1cccc(CNCCOC)c1. The molecule has 0 aliphatic heterocycles. The van der Waals surface area contributed by atoms with E-state index >= 15 is 0 Å². The van der Waals surface area contributed by atoms with Gasteiger partial charge in [-0.1, -0.05) is 38.3 Å². The zero-order chi connectivity index (χ0) is 13.8. The Bertz CT molecular complexity index is 328. The van der Waals surface area contributed by atoms with Gasteiger partial charge in [0.25, 0.3) is 0 Å². The Morgan fingerprint density at radius 3 is 2.79 bits per heavy atom. The van der Waals surface area contributed by atoms with E-state index in [4.69, 9.17) is 9.47 Å². The Balaban J connectivity index is 2.23. The first-order chi connectivity index (χ1) is 9.36. The number of ether oxygens (including phenoxy) is 2. The second kappa shape index (κ2) is 10.8. The molecule has 0 aromatic heterocycles. The Morgan fingerprint density at radius 2 is 2.00 bits per heavy atom. The van der Waals surface area contributed by atoms with Crippen molar-refractivity contribution in [2.75, 3.05) is 26.9 Å². The van der Waals surface area contributed by atoms with Gasteiger partial charge in [0, 0.05) is 20.2 Å². The fourth-order valence-corrected chi connectivity index (χ4v) is 1.87. The summed E-state index contributed by atoms with van der Waals surface area (Å²) in [6.07, 6.45) is 4.97. The lowest BCUT2D eigenvalue weighted by Gasteiger charge is -2.09. The predicted molar refractivity (Wildman–Crippen MR) is 79.7 cm³/mol. The molecule has 3 nitrogen and oxygen atoms in total. The van der Waals surface area contributed by atoms with Crippen molar-refractivity contribution in [3.05, 3.63) is 29.8 Å². The molecule has 0 aliphatic carbocycles. The Morgan fingerprint density at radius 1 is 1.11 bits per heavy atom. The van der Waals surface area contributed by atoms with Gasteiger partial charge in [-0.05, 0) is 24.1 Å². The minimum Gasteiger partial charge on any atom is -0.494 e. The maximum absolute atomic E-state index is 5.77. The minimum absolute atomic E-state index is 0.744. The normalized spacial score (nSPS) is 10.6. The third-order valence-electron chi connectivity index (χ3n) is 2.98. The molecule has 0 unspecified atom stereocenters. The molecule has 0 saturated heterocycles. The molecule has 0 bridgehead atoms. The van der Waals surface area contributed by atoms with Crippen LogP contribution >= 0.6 is 0 Å². The lowest BCUT2D eigenvalue weighted by molar-refractivity contribution is 0.199. The van der Waals surface area contributed by atoms with Gasteiger partial charge in [0.2, 0.25) is 0 Å². The Kier molecular flexibility index (Phi) is 9.11. The summed E-state index contributed by atoms with van der Waals surface area (Å²) < 4.78 is 10.8. The molecule has 19 heavy (non-hydrogen) atoms. The van der Waals surface area contributed by atoms with Crippen LogP contribution in [0, 0.1) is 0 Å². The van der Waals surface area contributed by atoms with Crippen LogP contribution in [0.15, 0.2) is 24.3 Å². The highest BCUT2D eigenvalue weighted by atomic mass is 16.5. The van der Waals surface area contributed by atoms with Crippen molar-refractivity contribution in [3.63, 3.8) is 0 Å². The number of methoxy groups -OCH3 is 1. The fourth-order valence-electron chi connectivity index (χ4n) is 1.87. The van der Waals surface area contributed by atoms with Crippen LogP contribution < -0.4 is 10.1 Å². The van der Waals surface area contributed by atoms with Crippen molar-refractivity contribution < 1.29 is 9.47 Å². The van der Waals surface area contributed by atoms with Crippen molar-refractivity contribution in [2.45, 2.75) is 39.2 Å². The van der Waals surface area contributed by atoms with Crippen LogP contribution in [0.4, 0.5) is 0 Å². The molecule has 1 rings (SSSR count). The third-order valence-corrected chi connectivity index (χ3v) is 2.98. The van der Waals surface area contributed by atoms with Gasteiger partial charge in [-0.15, -0.1) is 0 Å². The van der Waals surface area contributed by atoms with E-state index in [9.17, 15) is 0 Å². The number of benzene rings is 1. The van der Waals surface area contributed by atoms with Crippen LogP contribution in [-0.2, 0) is 11.3 Å². The molecule has 0 atom stereocenters. The van der Waals surface area contributed by atoms with E-state index in [1.165, 1.54) is 24.8 Å². The summed E-state index contributed by atoms with van der Waals surface area (Å²) in [4.78, 5) is 0. The summed E-state index contributed by atoms with van der Waals surface area (Å²) >= 11 is 0. The maximum Gasteiger partial charge on any atom is 0.119 e. The lowest BCUT2D eigenvalue weighted by Crippen LogP contribution is -2.18. The number of unbranched alkanes of at least 4 members (excludes halogenated alkanes) is 3. The molecule has 1 aromatic rings. The summed E-state index contributed by atoms with van der Waals surface area (Å²) in [5.41, 5.74) is 1.25. The first kappa shape index (κ1) is 16.0. The van der Waals surface area contributed by atoms with Crippen molar-refractivity contribution in [1.82, 2.24) is 5.32 Å². The zero-order valence-electron chi connectivity index (χ0n) is 12.3. The topological polar surface area (TPSA) is 30.5 Å². The van der Waals surface area contributed by atoms with E-state index in [-0.39, 0.29) is 0 Å². The minimum atomic E-state index is 0.744. The highest BCUT2D eigenvalue weighted by Crippen LogP contribution is 2.14. The standard InChI is InChI=1S/C16H27NO2/c1-3-4-5-6-11-19-16-9-7-8-15(13-16)14-17-10-12-18-2/h7-9,13,17H,3-6,10-12,14H2,1-2H3. The van der Waals surface area contributed by atoms with Gasteiger partial charge < -0.3 is 14.8 Å². The fraction of sp³-hybridized carbons (Fsp3) is 0.625. The molecular formula is C16H27NO2. The lowest BCUT2D eigenvalue weighted by atomic mass is 10.2. The smallest absolute Gasteiger partial charge is 0.119 e. The van der Waals surface area contributed by atoms with Crippen LogP contribution in [0.1, 0.15) is 38.2 Å². The van der Waals surface area contributed by atoms with Gasteiger partial charge in [0.05, 0.1) is 13.2 Å². The molecule has 3 heteroatoms. The summed E-state index contributed by atoms with van der Waals surface area (Å²) in [6.45, 7) is 5.52. The van der Waals surface area contributed by atoms with Gasteiger partial charge in [0.15, 0.2) is 0 Å². The number of nitrogens with one attached hydrogen (secondary N) is 1. The second-order valence-corrected chi connectivity index (χ2v) is 4.73.